The molecule has 2 amide bonds. The largest absolute Gasteiger partial charge is 0.434 e. The number of halogens is 2. The van der Waals surface area contributed by atoms with Gasteiger partial charge >= 0.3 is 6.61 Å². The van der Waals surface area contributed by atoms with E-state index in [2.05, 4.69) is 25.7 Å². The Morgan fingerprint density at radius 3 is 2.75 bits per heavy atom. The number of hydrazine groups is 1. The monoisotopic (exact) mass is 628 g/mol. The number of benzene rings is 1. The molecular formula is C29H34F2N8O4S. The molecule has 1 aromatic heterocycles. The zero-order chi connectivity index (χ0) is 30.6. The number of hydrogen-bond acceptors (Lipinski definition) is 10. The first kappa shape index (κ1) is 30.2. The molecule has 0 saturated carbocycles. The molecule has 2 fully saturated rings. The van der Waals surface area contributed by atoms with Crippen molar-refractivity contribution >= 4 is 35.5 Å². The fraction of sp³-hybridized carbons (Fsp3) is 0.448. The number of amides is 2. The van der Waals surface area contributed by atoms with Crippen molar-refractivity contribution in [3.05, 3.63) is 48.1 Å². The quantitative estimate of drug-likeness (QED) is 0.405. The van der Waals surface area contributed by atoms with Crippen molar-refractivity contribution in [3.63, 3.8) is 0 Å². The van der Waals surface area contributed by atoms with E-state index in [1.54, 1.807) is 41.8 Å². The van der Waals surface area contributed by atoms with Crippen LogP contribution in [0.3, 0.4) is 0 Å². The molecule has 2 N–H and O–H groups in total. The molecule has 0 spiro atoms. The first-order valence-electron chi connectivity index (χ1n) is 14.5. The smallest absolute Gasteiger partial charge is 0.387 e. The second-order valence-electron chi connectivity index (χ2n) is 10.7. The molecule has 5 heterocycles. The number of morpholine rings is 1. The molecule has 0 unspecified atom stereocenters. The molecule has 1 aromatic carbocycles. The van der Waals surface area contributed by atoms with E-state index < -0.39 is 12.5 Å². The van der Waals surface area contributed by atoms with Crippen molar-refractivity contribution in [1.29, 1.82) is 0 Å². The number of aromatic nitrogens is 2. The van der Waals surface area contributed by atoms with Crippen LogP contribution in [-0.2, 0) is 20.9 Å². The second kappa shape index (κ2) is 13.5. The number of anilines is 1. The van der Waals surface area contributed by atoms with Crippen LogP contribution in [0.2, 0.25) is 0 Å². The lowest BCUT2D eigenvalue weighted by molar-refractivity contribution is -0.133. The van der Waals surface area contributed by atoms with Gasteiger partial charge in [0.2, 0.25) is 5.91 Å². The minimum atomic E-state index is -3.06. The standard InChI is InChI=1S/C29H34F2N8O4S/c1-44-20-3-4-24(43-29(30)31)21(15-20)26-23(34-28(41)22-16-33-39-8-2-7-32-27(22)39)17-38(35-26)18-25(40)37-9-5-19(6-10-37)36-11-13-42-14-12-36/h2-4,7-8,15,17,19,29,33H,5-6,9-14,16,18H2,1H3,(H,34,41). The van der Waals surface area contributed by atoms with Gasteiger partial charge in [-0.25, -0.2) is 10.4 Å². The summed E-state index contributed by atoms with van der Waals surface area (Å²) in [6, 6.07) is 5.23. The summed E-state index contributed by atoms with van der Waals surface area (Å²) in [4.78, 5) is 36.2. The third kappa shape index (κ3) is 6.65. The van der Waals surface area contributed by atoms with E-state index in [9.17, 15) is 18.4 Å². The third-order valence-electron chi connectivity index (χ3n) is 8.06. The SMILES string of the molecule is CSc1ccc(OC(F)F)c(-c2nn(CC(=O)N3CCC(N4CCOCC4)CC3)cc2NC(=O)C2=C3N=CC=CN3NC2)c1. The minimum Gasteiger partial charge on any atom is -0.434 e. The van der Waals surface area contributed by atoms with E-state index in [1.165, 1.54) is 22.5 Å². The van der Waals surface area contributed by atoms with Gasteiger partial charge in [-0.2, -0.15) is 13.9 Å². The van der Waals surface area contributed by atoms with E-state index in [4.69, 9.17) is 9.47 Å². The zero-order valence-electron chi connectivity index (χ0n) is 24.2. The first-order valence-corrected chi connectivity index (χ1v) is 15.7. The second-order valence-corrected chi connectivity index (χ2v) is 11.6. The summed E-state index contributed by atoms with van der Waals surface area (Å²) in [5.41, 5.74) is 4.20. The van der Waals surface area contributed by atoms with Crippen molar-refractivity contribution in [2.75, 3.05) is 57.5 Å². The van der Waals surface area contributed by atoms with Gasteiger partial charge in [0.15, 0.2) is 5.82 Å². The number of hydrogen-bond donors (Lipinski definition) is 2. The third-order valence-corrected chi connectivity index (χ3v) is 8.79. The summed E-state index contributed by atoms with van der Waals surface area (Å²) >= 11 is 1.42. The van der Waals surface area contributed by atoms with Crippen LogP contribution < -0.4 is 15.5 Å². The molecule has 2 aromatic rings. The van der Waals surface area contributed by atoms with E-state index in [-0.39, 0.29) is 41.7 Å². The van der Waals surface area contributed by atoms with Gasteiger partial charge in [0, 0.05) is 67.8 Å². The van der Waals surface area contributed by atoms with Gasteiger partial charge in [-0.15, -0.1) is 11.8 Å². The highest BCUT2D eigenvalue weighted by atomic mass is 32.2. The molecule has 44 heavy (non-hydrogen) atoms. The summed E-state index contributed by atoms with van der Waals surface area (Å²) < 4.78 is 38.5. The van der Waals surface area contributed by atoms with Gasteiger partial charge in [-0.1, -0.05) is 0 Å². The number of rotatable bonds is 9. The number of thioether (sulfide) groups is 1. The fourth-order valence-corrected chi connectivity index (χ4v) is 6.26. The maximum atomic E-state index is 13.5. The summed E-state index contributed by atoms with van der Waals surface area (Å²) in [5, 5.41) is 9.16. The highest BCUT2D eigenvalue weighted by molar-refractivity contribution is 7.98. The van der Waals surface area contributed by atoms with Crippen molar-refractivity contribution < 1.29 is 27.8 Å². The van der Waals surface area contributed by atoms with Crippen LogP contribution in [0.1, 0.15) is 12.8 Å². The van der Waals surface area contributed by atoms with Crippen LogP contribution in [0.5, 0.6) is 5.75 Å². The number of likely N-dealkylation sites (tertiary alicyclic amines) is 1. The lowest BCUT2D eigenvalue weighted by Gasteiger charge is -2.40. The lowest BCUT2D eigenvalue weighted by Crippen LogP contribution is -2.50. The Kier molecular flexibility index (Phi) is 9.25. The Morgan fingerprint density at radius 2 is 2.00 bits per heavy atom. The predicted octanol–water partition coefficient (Wildman–Crippen LogP) is 2.77. The molecule has 4 aliphatic rings. The lowest BCUT2D eigenvalue weighted by atomic mass is 10.0. The summed E-state index contributed by atoms with van der Waals surface area (Å²) in [7, 11) is 0. The van der Waals surface area contributed by atoms with Crippen LogP contribution in [0.4, 0.5) is 14.5 Å². The van der Waals surface area contributed by atoms with Crippen molar-refractivity contribution in [2.24, 2.45) is 4.99 Å². The molecule has 2 saturated heterocycles. The number of aliphatic imine (C=N–C) groups is 1. The Labute approximate surface area is 257 Å². The molecule has 0 aliphatic carbocycles. The Hall–Kier alpha value is -3.79. The molecular weight excluding hydrogens is 594 g/mol. The van der Waals surface area contributed by atoms with E-state index in [0.717, 1.165) is 44.0 Å². The highest BCUT2D eigenvalue weighted by Gasteiger charge is 2.30. The summed E-state index contributed by atoms with van der Waals surface area (Å²) in [5.74, 6) is -0.172. The van der Waals surface area contributed by atoms with Gasteiger partial charge in [-0.3, -0.25) is 24.2 Å². The first-order chi connectivity index (χ1) is 21.4. The average molecular weight is 629 g/mol. The summed E-state index contributed by atoms with van der Waals surface area (Å²) in [6.45, 7) is 1.68. The normalized spacial score (nSPS) is 19.2. The molecule has 0 bridgehead atoms. The van der Waals surface area contributed by atoms with Gasteiger partial charge in [0.05, 0.1) is 24.5 Å². The number of allylic oxidation sites excluding steroid dienone is 1. The zero-order valence-corrected chi connectivity index (χ0v) is 25.1. The Balaban J connectivity index is 1.25. The van der Waals surface area contributed by atoms with Crippen LogP contribution >= 0.6 is 11.8 Å². The predicted molar refractivity (Wildman–Crippen MR) is 161 cm³/mol. The minimum absolute atomic E-state index is 0.0727. The van der Waals surface area contributed by atoms with Crippen LogP contribution in [0.15, 0.2) is 58.0 Å². The molecule has 4 aliphatic heterocycles. The van der Waals surface area contributed by atoms with Crippen molar-refractivity contribution in [2.45, 2.75) is 36.9 Å². The molecule has 15 heteroatoms. The number of piperidine rings is 1. The number of carbonyl (C=O) groups excluding carboxylic acids is 2. The van der Waals surface area contributed by atoms with Crippen LogP contribution in [0, 0.1) is 0 Å². The van der Waals surface area contributed by atoms with Crippen LogP contribution in [0.25, 0.3) is 11.3 Å². The Bertz CT molecular complexity index is 1480. The molecule has 234 valence electrons. The average Bonchev–Trinajstić information content (AvgIpc) is 3.65. The molecule has 12 nitrogen and oxygen atoms in total. The van der Waals surface area contributed by atoms with Crippen LogP contribution in [-0.4, -0.2) is 107 Å². The van der Waals surface area contributed by atoms with E-state index in [0.29, 0.717) is 30.5 Å². The molecule has 6 rings (SSSR count). The fourth-order valence-electron chi connectivity index (χ4n) is 5.82. The molecule has 0 atom stereocenters. The number of ether oxygens (including phenoxy) is 2. The van der Waals surface area contributed by atoms with Gasteiger partial charge in [-0.05, 0) is 43.4 Å². The number of alkyl halides is 2. The number of fused-ring (bicyclic) bond motifs is 1. The maximum absolute atomic E-state index is 13.5. The topological polar surface area (TPSA) is 117 Å². The number of nitrogens with zero attached hydrogens (tertiary/aromatic N) is 6. The number of carbonyl (C=O) groups is 2. The number of nitrogens with one attached hydrogen (secondary N) is 2. The van der Waals surface area contributed by atoms with Gasteiger partial charge in [0.1, 0.15) is 18.0 Å². The van der Waals surface area contributed by atoms with Crippen molar-refractivity contribution in [1.82, 2.24) is 30.0 Å². The van der Waals surface area contributed by atoms with E-state index >= 15 is 0 Å². The van der Waals surface area contributed by atoms with Gasteiger partial charge < -0.3 is 19.7 Å². The highest BCUT2D eigenvalue weighted by Crippen LogP contribution is 2.38. The molecule has 0 radical (unpaired) electrons. The van der Waals surface area contributed by atoms with E-state index in [1.807, 2.05) is 11.2 Å². The Morgan fingerprint density at radius 1 is 1.20 bits per heavy atom. The maximum Gasteiger partial charge on any atom is 0.387 e. The van der Waals surface area contributed by atoms with Crippen molar-refractivity contribution in [3.8, 4) is 17.0 Å². The summed E-state index contributed by atoms with van der Waals surface area (Å²) in [6.07, 6.45) is 10.3. The van der Waals surface area contributed by atoms with Gasteiger partial charge in [0.25, 0.3) is 5.91 Å².